The molecule has 1 aromatic heterocycles. The number of hydrogen-bond donors (Lipinski definition) is 2. The molecule has 24 heavy (non-hydrogen) atoms. The standard InChI is InChI=1S/C18H24N4O2/c1-13-10-16(21-24-13)12-19-18(23)20-14(2)15-6-5-7-17(11-15)22-8-3-4-9-22/h5-7,10-11,14H,3-4,8-9,12H2,1-2H3,(H2,19,20,23). The van der Waals surface area contributed by atoms with Crippen LogP contribution in [0, 0.1) is 6.92 Å². The molecular formula is C18H24N4O2. The SMILES string of the molecule is Cc1cc(CNC(=O)NC(C)c2cccc(N3CCCC3)c2)no1. The summed E-state index contributed by atoms with van der Waals surface area (Å²) >= 11 is 0. The first-order valence-corrected chi connectivity index (χ1v) is 8.43. The third-order valence-corrected chi connectivity index (χ3v) is 4.30. The number of nitrogens with zero attached hydrogens (tertiary/aromatic N) is 2. The van der Waals surface area contributed by atoms with Crippen molar-refractivity contribution in [2.24, 2.45) is 0 Å². The average molecular weight is 328 g/mol. The van der Waals surface area contributed by atoms with Crippen molar-refractivity contribution >= 4 is 11.7 Å². The number of urea groups is 1. The number of amides is 2. The predicted octanol–water partition coefficient (Wildman–Crippen LogP) is 3.14. The average Bonchev–Trinajstić information content (AvgIpc) is 3.24. The Bertz CT molecular complexity index is 692. The summed E-state index contributed by atoms with van der Waals surface area (Å²) in [6.45, 7) is 6.39. The van der Waals surface area contributed by atoms with Crippen LogP contribution in [0.5, 0.6) is 0 Å². The third kappa shape index (κ3) is 4.07. The van der Waals surface area contributed by atoms with Gasteiger partial charge in [0.25, 0.3) is 0 Å². The van der Waals surface area contributed by atoms with Gasteiger partial charge >= 0.3 is 6.03 Å². The Morgan fingerprint density at radius 3 is 2.83 bits per heavy atom. The highest BCUT2D eigenvalue weighted by molar-refractivity contribution is 5.74. The number of aryl methyl sites for hydroxylation is 1. The van der Waals surface area contributed by atoms with E-state index in [-0.39, 0.29) is 12.1 Å². The number of carbonyl (C=O) groups is 1. The van der Waals surface area contributed by atoms with E-state index in [4.69, 9.17) is 4.52 Å². The van der Waals surface area contributed by atoms with E-state index in [0.717, 1.165) is 24.4 Å². The van der Waals surface area contributed by atoms with Crippen LogP contribution in [-0.2, 0) is 6.54 Å². The first kappa shape index (κ1) is 16.4. The molecule has 2 aromatic rings. The molecular weight excluding hydrogens is 304 g/mol. The van der Waals surface area contributed by atoms with Crippen LogP contribution in [0.15, 0.2) is 34.9 Å². The lowest BCUT2D eigenvalue weighted by molar-refractivity contribution is 0.237. The van der Waals surface area contributed by atoms with Crippen LogP contribution >= 0.6 is 0 Å². The Labute approximate surface area is 142 Å². The van der Waals surface area contributed by atoms with Crippen molar-refractivity contribution in [1.82, 2.24) is 15.8 Å². The molecule has 0 spiro atoms. The van der Waals surface area contributed by atoms with Gasteiger partial charge in [0.15, 0.2) is 0 Å². The summed E-state index contributed by atoms with van der Waals surface area (Å²) in [4.78, 5) is 14.4. The second-order valence-corrected chi connectivity index (χ2v) is 6.27. The molecule has 1 unspecified atom stereocenters. The summed E-state index contributed by atoms with van der Waals surface area (Å²) in [5, 5.41) is 9.62. The largest absolute Gasteiger partial charge is 0.372 e. The zero-order valence-corrected chi connectivity index (χ0v) is 14.2. The van der Waals surface area contributed by atoms with E-state index in [1.165, 1.54) is 18.5 Å². The molecule has 1 aliphatic heterocycles. The van der Waals surface area contributed by atoms with Gasteiger partial charge in [0.2, 0.25) is 0 Å². The summed E-state index contributed by atoms with van der Waals surface area (Å²) in [7, 11) is 0. The molecule has 128 valence electrons. The second-order valence-electron chi connectivity index (χ2n) is 6.27. The fourth-order valence-electron chi connectivity index (χ4n) is 2.97. The van der Waals surface area contributed by atoms with E-state index in [0.29, 0.717) is 12.2 Å². The van der Waals surface area contributed by atoms with Crippen molar-refractivity contribution in [3.05, 3.63) is 47.3 Å². The minimum Gasteiger partial charge on any atom is -0.372 e. The Morgan fingerprint density at radius 1 is 1.33 bits per heavy atom. The van der Waals surface area contributed by atoms with Crippen molar-refractivity contribution in [2.45, 2.75) is 39.3 Å². The van der Waals surface area contributed by atoms with E-state index in [1.807, 2.05) is 26.0 Å². The highest BCUT2D eigenvalue weighted by atomic mass is 16.5. The van der Waals surface area contributed by atoms with Crippen LogP contribution in [-0.4, -0.2) is 24.3 Å². The summed E-state index contributed by atoms with van der Waals surface area (Å²) in [5.74, 6) is 0.735. The maximum atomic E-state index is 12.1. The molecule has 0 radical (unpaired) electrons. The molecule has 0 aliphatic carbocycles. The van der Waals surface area contributed by atoms with Gasteiger partial charge in [-0.3, -0.25) is 0 Å². The molecule has 1 aliphatic rings. The molecule has 6 heteroatoms. The van der Waals surface area contributed by atoms with Crippen LogP contribution in [0.1, 0.15) is 42.8 Å². The molecule has 3 rings (SSSR count). The third-order valence-electron chi connectivity index (χ3n) is 4.30. The zero-order chi connectivity index (χ0) is 16.9. The molecule has 6 nitrogen and oxygen atoms in total. The smallest absolute Gasteiger partial charge is 0.315 e. The van der Waals surface area contributed by atoms with Crippen LogP contribution in [0.2, 0.25) is 0 Å². The molecule has 0 saturated carbocycles. The molecule has 1 saturated heterocycles. The lowest BCUT2D eigenvalue weighted by atomic mass is 10.1. The molecule has 1 fully saturated rings. The van der Waals surface area contributed by atoms with Crippen molar-refractivity contribution in [3.63, 3.8) is 0 Å². The zero-order valence-electron chi connectivity index (χ0n) is 14.2. The van der Waals surface area contributed by atoms with Gasteiger partial charge in [0.1, 0.15) is 11.5 Å². The van der Waals surface area contributed by atoms with Gasteiger partial charge < -0.3 is 20.1 Å². The summed E-state index contributed by atoms with van der Waals surface area (Å²) in [5.41, 5.74) is 3.05. The highest BCUT2D eigenvalue weighted by Gasteiger charge is 2.15. The van der Waals surface area contributed by atoms with E-state index in [1.54, 1.807) is 0 Å². The molecule has 1 aromatic carbocycles. The van der Waals surface area contributed by atoms with E-state index < -0.39 is 0 Å². The van der Waals surface area contributed by atoms with E-state index in [2.05, 4.69) is 38.9 Å². The molecule has 2 amide bonds. The van der Waals surface area contributed by atoms with Crippen LogP contribution in [0.3, 0.4) is 0 Å². The number of benzene rings is 1. The minimum atomic E-state index is -0.213. The van der Waals surface area contributed by atoms with Crippen LogP contribution in [0.4, 0.5) is 10.5 Å². The van der Waals surface area contributed by atoms with Crippen LogP contribution in [0.25, 0.3) is 0 Å². The van der Waals surface area contributed by atoms with Crippen molar-refractivity contribution < 1.29 is 9.32 Å². The number of aromatic nitrogens is 1. The minimum absolute atomic E-state index is 0.0633. The summed E-state index contributed by atoms with van der Waals surface area (Å²) < 4.78 is 4.98. The van der Waals surface area contributed by atoms with Gasteiger partial charge in [-0.1, -0.05) is 17.3 Å². The number of carbonyl (C=O) groups excluding carboxylic acids is 1. The lowest BCUT2D eigenvalue weighted by Gasteiger charge is -2.20. The van der Waals surface area contributed by atoms with Crippen molar-refractivity contribution in [3.8, 4) is 0 Å². The van der Waals surface area contributed by atoms with Gasteiger partial charge in [-0.2, -0.15) is 0 Å². The number of anilines is 1. The fraction of sp³-hybridized carbons (Fsp3) is 0.444. The maximum absolute atomic E-state index is 12.1. The Balaban J connectivity index is 1.54. The van der Waals surface area contributed by atoms with Crippen molar-refractivity contribution in [2.75, 3.05) is 18.0 Å². The van der Waals surface area contributed by atoms with E-state index >= 15 is 0 Å². The second kappa shape index (κ2) is 7.38. The highest BCUT2D eigenvalue weighted by Crippen LogP contribution is 2.23. The van der Waals surface area contributed by atoms with E-state index in [9.17, 15) is 4.79 Å². The van der Waals surface area contributed by atoms with Crippen LogP contribution < -0.4 is 15.5 Å². The van der Waals surface area contributed by atoms with Gasteiger partial charge in [-0.05, 0) is 44.4 Å². The van der Waals surface area contributed by atoms with Gasteiger partial charge in [-0.15, -0.1) is 0 Å². The Morgan fingerprint density at radius 2 is 2.12 bits per heavy atom. The van der Waals surface area contributed by atoms with Gasteiger partial charge in [0.05, 0.1) is 12.6 Å². The van der Waals surface area contributed by atoms with Gasteiger partial charge in [-0.25, -0.2) is 4.79 Å². The molecule has 0 bridgehead atoms. The first-order chi connectivity index (χ1) is 11.6. The lowest BCUT2D eigenvalue weighted by Crippen LogP contribution is -2.36. The maximum Gasteiger partial charge on any atom is 0.315 e. The predicted molar refractivity (Wildman–Crippen MR) is 92.9 cm³/mol. The number of nitrogens with one attached hydrogen (secondary N) is 2. The molecule has 2 N–H and O–H groups in total. The summed E-state index contributed by atoms with van der Waals surface area (Å²) in [6.07, 6.45) is 2.50. The first-order valence-electron chi connectivity index (χ1n) is 8.43. The summed E-state index contributed by atoms with van der Waals surface area (Å²) in [6, 6.07) is 9.93. The monoisotopic (exact) mass is 328 g/mol. The fourth-order valence-corrected chi connectivity index (χ4v) is 2.97. The molecule has 1 atom stereocenters. The Hall–Kier alpha value is -2.50. The molecule has 2 heterocycles. The Kier molecular flexibility index (Phi) is 5.03. The topological polar surface area (TPSA) is 70.4 Å². The number of rotatable bonds is 5. The number of hydrogen-bond acceptors (Lipinski definition) is 4. The van der Waals surface area contributed by atoms with Crippen molar-refractivity contribution in [1.29, 1.82) is 0 Å². The quantitative estimate of drug-likeness (QED) is 0.884. The van der Waals surface area contributed by atoms with Gasteiger partial charge in [0, 0.05) is 24.8 Å². The normalized spacial score (nSPS) is 15.3.